The first-order chi connectivity index (χ1) is 8.31. The molecule has 1 aromatic carbocycles. The van der Waals surface area contributed by atoms with E-state index in [1.807, 2.05) is 6.92 Å². The highest BCUT2D eigenvalue weighted by molar-refractivity contribution is 9.10. The van der Waals surface area contributed by atoms with Crippen molar-refractivity contribution in [2.75, 3.05) is 13.6 Å². The van der Waals surface area contributed by atoms with Crippen LogP contribution in [0.2, 0.25) is 0 Å². The normalized spacial score (nSPS) is 13.2. The third-order valence-corrected chi connectivity index (χ3v) is 2.58. The summed E-state index contributed by atoms with van der Waals surface area (Å²) in [7, 11) is 1.79. The van der Waals surface area contributed by atoms with Crippen LogP contribution in [0.5, 0.6) is 11.5 Å². The van der Waals surface area contributed by atoms with Crippen LogP contribution < -0.4 is 14.8 Å². The Hall–Kier alpha value is -0.950. The molecule has 1 aromatic rings. The van der Waals surface area contributed by atoms with Crippen molar-refractivity contribution in [1.29, 1.82) is 0 Å². The molecule has 102 valence electrons. The third kappa shape index (κ3) is 5.14. The zero-order valence-electron chi connectivity index (χ0n) is 9.84. The Morgan fingerprint density at radius 1 is 1.39 bits per heavy atom. The Morgan fingerprint density at radius 2 is 2.06 bits per heavy atom. The second kappa shape index (κ2) is 6.29. The van der Waals surface area contributed by atoms with Gasteiger partial charge in [-0.25, -0.2) is 0 Å². The molecule has 0 heterocycles. The average molecular weight is 328 g/mol. The molecule has 0 fully saturated rings. The van der Waals surface area contributed by atoms with Crippen LogP contribution >= 0.6 is 15.9 Å². The molecule has 18 heavy (non-hydrogen) atoms. The Labute approximate surface area is 111 Å². The summed E-state index contributed by atoms with van der Waals surface area (Å²) in [5.41, 5.74) is 0. The highest BCUT2D eigenvalue weighted by Gasteiger charge is 2.32. The lowest BCUT2D eigenvalue weighted by atomic mass is 10.3. The molecule has 1 atom stereocenters. The van der Waals surface area contributed by atoms with Crippen molar-refractivity contribution < 1.29 is 22.6 Å². The molecule has 0 amide bonds. The van der Waals surface area contributed by atoms with Gasteiger partial charge in [-0.15, -0.1) is 13.2 Å². The van der Waals surface area contributed by atoms with E-state index in [4.69, 9.17) is 4.74 Å². The van der Waals surface area contributed by atoms with Crippen LogP contribution in [0.15, 0.2) is 22.7 Å². The van der Waals surface area contributed by atoms with Crippen LogP contribution in [0.4, 0.5) is 13.2 Å². The number of hydrogen-bond donors (Lipinski definition) is 1. The molecule has 1 N–H and O–H groups in total. The summed E-state index contributed by atoms with van der Waals surface area (Å²) >= 11 is 3.01. The SMILES string of the molecule is CNCC(C)Oc1ccc(OC(F)(F)F)c(Br)c1. The number of nitrogens with one attached hydrogen (secondary N) is 1. The van der Waals surface area contributed by atoms with Gasteiger partial charge in [0, 0.05) is 6.54 Å². The number of alkyl halides is 3. The van der Waals surface area contributed by atoms with E-state index >= 15 is 0 Å². The van der Waals surface area contributed by atoms with Gasteiger partial charge in [0.2, 0.25) is 0 Å². The van der Waals surface area contributed by atoms with Gasteiger partial charge in [0.1, 0.15) is 17.6 Å². The van der Waals surface area contributed by atoms with Crippen molar-refractivity contribution in [3.63, 3.8) is 0 Å². The molecular weight excluding hydrogens is 315 g/mol. The molecule has 1 rings (SSSR count). The van der Waals surface area contributed by atoms with Gasteiger partial charge < -0.3 is 14.8 Å². The van der Waals surface area contributed by atoms with Crippen LogP contribution in [0.1, 0.15) is 6.92 Å². The maximum atomic E-state index is 12.0. The Bertz CT molecular complexity index is 398. The van der Waals surface area contributed by atoms with E-state index in [0.717, 1.165) is 0 Å². The molecule has 0 aliphatic carbocycles. The number of ether oxygens (including phenoxy) is 2. The highest BCUT2D eigenvalue weighted by Crippen LogP contribution is 2.33. The summed E-state index contributed by atoms with van der Waals surface area (Å²) in [6.07, 6.45) is -4.79. The molecule has 0 radical (unpaired) electrons. The van der Waals surface area contributed by atoms with E-state index < -0.39 is 6.36 Å². The fraction of sp³-hybridized carbons (Fsp3) is 0.455. The molecule has 0 saturated carbocycles. The van der Waals surface area contributed by atoms with Gasteiger partial charge in [-0.3, -0.25) is 0 Å². The first kappa shape index (κ1) is 15.1. The van der Waals surface area contributed by atoms with Gasteiger partial charge in [0.25, 0.3) is 0 Å². The second-order valence-electron chi connectivity index (χ2n) is 3.63. The van der Waals surface area contributed by atoms with Crippen molar-refractivity contribution >= 4 is 15.9 Å². The lowest BCUT2D eigenvalue weighted by Crippen LogP contribution is -2.26. The van der Waals surface area contributed by atoms with Crippen molar-refractivity contribution in [3.05, 3.63) is 22.7 Å². The van der Waals surface area contributed by atoms with E-state index in [2.05, 4.69) is 26.0 Å². The summed E-state index contributed by atoms with van der Waals surface area (Å²) < 4.78 is 45.7. The summed E-state index contributed by atoms with van der Waals surface area (Å²) in [6.45, 7) is 2.49. The fourth-order valence-corrected chi connectivity index (χ4v) is 1.76. The smallest absolute Gasteiger partial charge is 0.489 e. The fourth-order valence-electron chi connectivity index (χ4n) is 1.32. The first-order valence-electron chi connectivity index (χ1n) is 5.18. The highest BCUT2D eigenvalue weighted by atomic mass is 79.9. The van der Waals surface area contributed by atoms with E-state index in [1.54, 1.807) is 7.05 Å². The molecule has 0 aromatic heterocycles. The van der Waals surface area contributed by atoms with Gasteiger partial charge in [-0.2, -0.15) is 0 Å². The predicted molar refractivity (Wildman–Crippen MR) is 64.8 cm³/mol. The summed E-state index contributed by atoms with van der Waals surface area (Å²) in [6, 6.07) is 4.07. The first-order valence-corrected chi connectivity index (χ1v) is 5.97. The molecule has 0 aliphatic heterocycles. The number of benzene rings is 1. The number of halogens is 4. The minimum Gasteiger partial charge on any atom is -0.489 e. The van der Waals surface area contributed by atoms with Gasteiger partial charge >= 0.3 is 6.36 Å². The molecule has 0 spiro atoms. The monoisotopic (exact) mass is 327 g/mol. The number of rotatable bonds is 5. The van der Waals surface area contributed by atoms with Crippen molar-refractivity contribution in [2.24, 2.45) is 0 Å². The molecule has 0 aliphatic rings. The topological polar surface area (TPSA) is 30.5 Å². The Morgan fingerprint density at radius 3 is 2.56 bits per heavy atom. The molecule has 1 unspecified atom stereocenters. The van der Waals surface area contributed by atoms with Gasteiger partial charge in [0.15, 0.2) is 0 Å². The van der Waals surface area contributed by atoms with Crippen LogP contribution in [0, 0.1) is 0 Å². The zero-order chi connectivity index (χ0) is 13.8. The minimum atomic E-state index is -4.70. The number of hydrogen-bond acceptors (Lipinski definition) is 3. The molecule has 0 bridgehead atoms. The van der Waals surface area contributed by atoms with E-state index in [-0.39, 0.29) is 16.3 Å². The maximum Gasteiger partial charge on any atom is 0.573 e. The van der Waals surface area contributed by atoms with Crippen LogP contribution in [0.3, 0.4) is 0 Å². The quantitative estimate of drug-likeness (QED) is 0.899. The lowest BCUT2D eigenvalue weighted by molar-refractivity contribution is -0.274. The molecule has 7 heteroatoms. The van der Waals surface area contributed by atoms with E-state index in [0.29, 0.717) is 12.3 Å². The predicted octanol–water partition coefficient (Wildman–Crippen LogP) is 3.33. The summed E-state index contributed by atoms with van der Waals surface area (Å²) in [4.78, 5) is 0. The van der Waals surface area contributed by atoms with Crippen LogP contribution in [-0.4, -0.2) is 26.1 Å². The van der Waals surface area contributed by atoms with Crippen molar-refractivity contribution in [2.45, 2.75) is 19.4 Å². The van der Waals surface area contributed by atoms with Gasteiger partial charge in [0.05, 0.1) is 4.47 Å². The molecule has 0 saturated heterocycles. The maximum absolute atomic E-state index is 12.0. The van der Waals surface area contributed by atoms with Gasteiger partial charge in [-0.05, 0) is 48.1 Å². The number of likely N-dealkylation sites (N-methyl/N-ethyl adjacent to an activating group) is 1. The van der Waals surface area contributed by atoms with Crippen molar-refractivity contribution in [3.8, 4) is 11.5 Å². The Balaban J connectivity index is 2.73. The lowest BCUT2D eigenvalue weighted by Gasteiger charge is -2.16. The van der Waals surface area contributed by atoms with Crippen LogP contribution in [-0.2, 0) is 0 Å². The summed E-state index contributed by atoms with van der Waals surface area (Å²) in [5, 5.41) is 2.93. The molecule has 3 nitrogen and oxygen atoms in total. The second-order valence-corrected chi connectivity index (χ2v) is 4.48. The van der Waals surface area contributed by atoms with E-state index in [9.17, 15) is 13.2 Å². The third-order valence-electron chi connectivity index (χ3n) is 1.96. The summed E-state index contributed by atoms with van der Waals surface area (Å²) in [5.74, 6) is 0.176. The minimum absolute atomic E-state index is 0.0868. The largest absolute Gasteiger partial charge is 0.573 e. The average Bonchev–Trinajstić information content (AvgIpc) is 2.21. The Kier molecular flexibility index (Phi) is 5.28. The van der Waals surface area contributed by atoms with Gasteiger partial charge in [-0.1, -0.05) is 0 Å². The zero-order valence-corrected chi connectivity index (χ0v) is 11.4. The van der Waals surface area contributed by atoms with E-state index in [1.165, 1.54) is 18.2 Å². The van der Waals surface area contributed by atoms with Crippen molar-refractivity contribution in [1.82, 2.24) is 5.32 Å². The standard InChI is InChI=1S/C11H13BrF3NO2/c1-7(6-16-2)17-8-3-4-10(9(12)5-8)18-11(13,14)15/h3-5,7,16H,6H2,1-2H3. The molecular formula is C11H13BrF3NO2. The van der Waals surface area contributed by atoms with Crippen LogP contribution in [0.25, 0.3) is 0 Å².